The predicted octanol–water partition coefficient (Wildman–Crippen LogP) is 2.87. The smallest absolute Gasteiger partial charge is 0.00355 e. The molecule has 2 heteroatoms. The highest BCUT2D eigenvalue weighted by molar-refractivity contribution is 4.73. The lowest BCUT2D eigenvalue weighted by atomic mass is 9.83. The van der Waals surface area contributed by atoms with Crippen molar-refractivity contribution in [2.24, 2.45) is 11.1 Å². The minimum Gasteiger partial charge on any atom is -0.328 e. The van der Waals surface area contributed by atoms with E-state index in [0.717, 1.165) is 6.42 Å². The van der Waals surface area contributed by atoms with Crippen LogP contribution in [0.25, 0.3) is 0 Å². The SMILES string of the molecule is CC(N)CCC(C)(C)CCN(C)C(C)C. The van der Waals surface area contributed by atoms with Crippen LogP contribution in [-0.4, -0.2) is 30.6 Å². The molecule has 1 unspecified atom stereocenters. The maximum absolute atomic E-state index is 5.79. The summed E-state index contributed by atoms with van der Waals surface area (Å²) in [6, 6.07) is 0.987. The first-order valence-electron chi connectivity index (χ1n) is 6.20. The van der Waals surface area contributed by atoms with E-state index in [1.807, 2.05) is 0 Å². The second-order valence-electron chi connectivity index (χ2n) is 6.00. The van der Waals surface area contributed by atoms with Crippen molar-refractivity contribution in [1.82, 2.24) is 4.90 Å². The van der Waals surface area contributed by atoms with Gasteiger partial charge in [0.05, 0.1) is 0 Å². The molecule has 15 heavy (non-hydrogen) atoms. The molecule has 0 aromatic rings. The van der Waals surface area contributed by atoms with Gasteiger partial charge in [-0.25, -0.2) is 0 Å². The first kappa shape index (κ1) is 14.9. The Bertz CT molecular complexity index is 162. The summed E-state index contributed by atoms with van der Waals surface area (Å²) in [5.74, 6) is 0. The molecule has 0 aliphatic heterocycles. The second kappa shape index (κ2) is 6.49. The standard InChI is InChI=1S/C13H30N2/c1-11(2)15(6)10-9-13(4,5)8-7-12(3)14/h11-12H,7-10,14H2,1-6H3. The Balaban J connectivity index is 3.82. The highest BCUT2D eigenvalue weighted by Crippen LogP contribution is 2.27. The zero-order chi connectivity index (χ0) is 12.1. The van der Waals surface area contributed by atoms with Gasteiger partial charge >= 0.3 is 0 Å². The van der Waals surface area contributed by atoms with Crippen molar-refractivity contribution in [2.75, 3.05) is 13.6 Å². The zero-order valence-corrected chi connectivity index (χ0v) is 11.5. The summed E-state index contributed by atoms with van der Waals surface area (Å²) in [5, 5.41) is 0. The molecule has 0 heterocycles. The van der Waals surface area contributed by atoms with Crippen LogP contribution in [0.3, 0.4) is 0 Å². The van der Waals surface area contributed by atoms with Crippen LogP contribution in [0.4, 0.5) is 0 Å². The summed E-state index contributed by atoms with van der Waals surface area (Å²) in [6.07, 6.45) is 3.63. The number of hydrogen-bond donors (Lipinski definition) is 1. The van der Waals surface area contributed by atoms with E-state index in [1.165, 1.54) is 19.4 Å². The largest absolute Gasteiger partial charge is 0.328 e. The summed E-state index contributed by atoms with van der Waals surface area (Å²) in [5.41, 5.74) is 6.22. The van der Waals surface area contributed by atoms with Crippen LogP contribution in [0.15, 0.2) is 0 Å². The van der Waals surface area contributed by atoms with Crippen LogP contribution in [0.1, 0.15) is 53.9 Å². The van der Waals surface area contributed by atoms with Crippen LogP contribution in [0, 0.1) is 5.41 Å². The molecule has 0 saturated carbocycles. The Morgan fingerprint density at radius 1 is 1.13 bits per heavy atom. The fraction of sp³-hybridized carbons (Fsp3) is 1.00. The topological polar surface area (TPSA) is 29.3 Å². The predicted molar refractivity (Wildman–Crippen MR) is 69.0 cm³/mol. The van der Waals surface area contributed by atoms with Crippen molar-refractivity contribution in [1.29, 1.82) is 0 Å². The quantitative estimate of drug-likeness (QED) is 0.706. The molecule has 0 saturated heterocycles. The molecule has 2 N–H and O–H groups in total. The van der Waals surface area contributed by atoms with Crippen LogP contribution in [0.5, 0.6) is 0 Å². The van der Waals surface area contributed by atoms with Crippen molar-refractivity contribution >= 4 is 0 Å². The molecule has 0 spiro atoms. The van der Waals surface area contributed by atoms with E-state index in [1.54, 1.807) is 0 Å². The summed E-state index contributed by atoms with van der Waals surface area (Å²) < 4.78 is 0. The fourth-order valence-electron chi connectivity index (χ4n) is 1.48. The van der Waals surface area contributed by atoms with Gasteiger partial charge in [-0.2, -0.15) is 0 Å². The number of nitrogens with zero attached hydrogens (tertiary/aromatic N) is 1. The fourth-order valence-corrected chi connectivity index (χ4v) is 1.48. The van der Waals surface area contributed by atoms with E-state index in [9.17, 15) is 0 Å². The minimum atomic E-state index is 0.340. The third-order valence-electron chi connectivity index (χ3n) is 3.30. The Kier molecular flexibility index (Phi) is 6.46. The van der Waals surface area contributed by atoms with Crippen molar-refractivity contribution in [3.8, 4) is 0 Å². The summed E-state index contributed by atoms with van der Waals surface area (Å²) in [6.45, 7) is 12.5. The molecule has 0 amide bonds. The molecule has 92 valence electrons. The third-order valence-corrected chi connectivity index (χ3v) is 3.30. The van der Waals surface area contributed by atoms with Gasteiger partial charge in [0.2, 0.25) is 0 Å². The first-order chi connectivity index (χ1) is 6.74. The second-order valence-corrected chi connectivity index (χ2v) is 6.00. The van der Waals surface area contributed by atoms with Crippen molar-refractivity contribution in [3.63, 3.8) is 0 Å². The molecule has 1 atom stereocenters. The van der Waals surface area contributed by atoms with Gasteiger partial charge < -0.3 is 10.6 Å². The zero-order valence-electron chi connectivity index (χ0n) is 11.5. The monoisotopic (exact) mass is 214 g/mol. The molecule has 0 aliphatic rings. The highest BCUT2D eigenvalue weighted by atomic mass is 15.1. The number of hydrogen-bond acceptors (Lipinski definition) is 2. The summed E-state index contributed by atoms with van der Waals surface area (Å²) in [7, 11) is 2.20. The van der Waals surface area contributed by atoms with Gasteiger partial charge in [-0.15, -0.1) is 0 Å². The molecular formula is C13H30N2. The van der Waals surface area contributed by atoms with Crippen LogP contribution in [-0.2, 0) is 0 Å². The van der Waals surface area contributed by atoms with E-state index >= 15 is 0 Å². The Hall–Kier alpha value is -0.0800. The van der Waals surface area contributed by atoms with Gasteiger partial charge in [-0.3, -0.25) is 0 Å². The molecule has 0 aromatic carbocycles. The van der Waals surface area contributed by atoms with E-state index in [0.29, 0.717) is 17.5 Å². The van der Waals surface area contributed by atoms with Crippen molar-refractivity contribution in [3.05, 3.63) is 0 Å². The maximum atomic E-state index is 5.79. The molecule has 0 radical (unpaired) electrons. The summed E-state index contributed by atoms with van der Waals surface area (Å²) >= 11 is 0. The molecule has 0 rings (SSSR count). The molecule has 0 bridgehead atoms. The van der Waals surface area contributed by atoms with E-state index in [4.69, 9.17) is 5.73 Å². The maximum Gasteiger partial charge on any atom is 0.00355 e. The Morgan fingerprint density at radius 3 is 2.07 bits per heavy atom. The lowest BCUT2D eigenvalue weighted by molar-refractivity contribution is 0.204. The van der Waals surface area contributed by atoms with Crippen LogP contribution >= 0.6 is 0 Å². The molecule has 2 nitrogen and oxygen atoms in total. The van der Waals surface area contributed by atoms with Gasteiger partial charge in [0.25, 0.3) is 0 Å². The highest BCUT2D eigenvalue weighted by Gasteiger charge is 2.19. The Labute approximate surface area is 96.2 Å². The van der Waals surface area contributed by atoms with Crippen molar-refractivity contribution < 1.29 is 0 Å². The normalized spacial score (nSPS) is 15.0. The average Bonchev–Trinajstić information content (AvgIpc) is 2.11. The van der Waals surface area contributed by atoms with Gasteiger partial charge in [-0.05, 0) is 59.0 Å². The van der Waals surface area contributed by atoms with Crippen molar-refractivity contribution in [2.45, 2.75) is 66.0 Å². The van der Waals surface area contributed by atoms with Crippen LogP contribution in [0.2, 0.25) is 0 Å². The lowest BCUT2D eigenvalue weighted by Crippen LogP contribution is -2.31. The van der Waals surface area contributed by atoms with Gasteiger partial charge in [-0.1, -0.05) is 13.8 Å². The molecule has 0 fully saturated rings. The van der Waals surface area contributed by atoms with Gasteiger partial charge in [0, 0.05) is 12.1 Å². The average molecular weight is 214 g/mol. The number of rotatable bonds is 7. The van der Waals surface area contributed by atoms with E-state index in [-0.39, 0.29) is 0 Å². The van der Waals surface area contributed by atoms with Gasteiger partial charge in [0.1, 0.15) is 0 Å². The van der Waals surface area contributed by atoms with E-state index in [2.05, 4.69) is 46.6 Å². The first-order valence-corrected chi connectivity index (χ1v) is 6.20. The lowest BCUT2D eigenvalue weighted by Gasteiger charge is -2.29. The van der Waals surface area contributed by atoms with E-state index < -0.39 is 0 Å². The van der Waals surface area contributed by atoms with Crippen LogP contribution < -0.4 is 5.73 Å². The van der Waals surface area contributed by atoms with Gasteiger partial charge in [0.15, 0.2) is 0 Å². The number of nitrogens with two attached hydrogens (primary N) is 1. The summed E-state index contributed by atoms with van der Waals surface area (Å²) in [4.78, 5) is 2.41. The minimum absolute atomic E-state index is 0.340. The molecular weight excluding hydrogens is 184 g/mol. The molecule has 0 aromatic heterocycles. The molecule has 0 aliphatic carbocycles. The Morgan fingerprint density at radius 2 is 1.67 bits per heavy atom. The third kappa shape index (κ3) is 7.80.